The van der Waals surface area contributed by atoms with Gasteiger partial charge in [0, 0.05) is 28.0 Å². The van der Waals surface area contributed by atoms with Crippen LogP contribution in [0.2, 0.25) is 10.0 Å². The van der Waals surface area contributed by atoms with E-state index >= 15 is 0 Å². The van der Waals surface area contributed by atoms with E-state index in [-0.39, 0.29) is 0 Å². The zero-order chi connectivity index (χ0) is 15.5. The summed E-state index contributed by atoms with van der Waals surface area (Å²) in [5.41, 5.74) is 0.736. The molecule has 0 radical (unpaired) electrons. The van der Waals surface area contributed by atoms with Crippen molar-refractivity contribution < 1.29 is 4.52 Å². The molecule has 0 aliphatic rings. The molecule has 2 heterocycles. The third kappa shape index (κ3) is 3.66. The minimum absolute atomic E-state index is 0.395. The van der Waals surface area contributed by atoms with Crippen LogP contribution < -0.4 is 10.6 Å². The third-order valence-electron chi connectivity index (χ3n) is 2.66. The molecule has 2 N–H and O–H groups in total. The van der Waals surface area contributed by atoms with Crippen molar-refractivity contribution in [3.8, 4) is 0 Å². The van der Waals surface area contributed by atoms with E-state index < -0.39 is 0 Å². The molecule has 0 bridgehead atoms. The second-order valence-corrected chi connectivity index (χ2v) is 5.37. The predicted octanol–water partition coefficient (Wildman–Crippen LogP) is 4.57. The van der Waals surface area contributed by atoms with Gasteiger partial charge in [-0.05, 0) is 31.2 Å². The van der Waals surface area contributed by atoms with Gasteiger partial charge in [0.1, 0.15) is 11.6 Å². The van der Waals surface area contributed by atoms with Gasteiger partial charge in [0.15, 0.2) is 5.82 Å². The number of nitrogens with one attached hydrogen (secondary N) is 2. The molecule has 3 aromatic rings. The Morgan fingerprint density at radius 3 is 2.45 bits per heavy atom. The largest absolute Gasteiger partial charge is 0.360 e. The topological polar surface area (TPSA) is 75.9 Å². The summed E-state index contributed by atoms with van der Waals surface area (Å²) in [4.78, 5) is 8.46. The maximum absolute atomic E-state index is 5.97. The molecule has 0 saturated carbocycles. The lowest BCUT2D eigenvalue weighted by Gasteiger charge is -2.08. The number of aryl methyl sites for hydroxylation is 1. The highest BCUT2D eigenvalue weighted by atomic mass is 35.5. The Bertz CT molecular complexity index is 785. The molecule has 0 unspecified atom stereocenters. The number of aromatic nitrogens is 3. The van der Waals surface area contributed by atoms with Crippen LogP contribution in [0.15, 0.2) is 41.1 Å². The maximum atomic E-state index is 5.97. The number of anilines is 4. The minimum Gasteiger partial charge on any atom is -0.360 e. The highest BCUT2D eigenvalue weighted by Crippen LogP contribution is 2.25. The monoisotopic (exact) mass is 335 g/mol. The number of hydrogen-bond acceptors (Lipinski definition) is 6. The average molecular weight is 336 g/mol. The molecule has 0 atom stereocenters. The van der Waals surface area contributed by atoms with Gasteiger partial charge in [0.2, 0.25) is 5.95 Å². The van der Waals surface area contributed by atoms with Crippen molar-refractivity contribution >= 4 is 46.5 Å². The lowest BCUT2D eigenvalue weighted by Crippen LogP contribution is -2.00. The summed E-state index contributed by atoms with van der Waals surface area (Å²) in [5.74, 6) is 2.23. The van der Waals surface area contributed by atoms with Gasteiger partial charge in [-0.15, -0.1) is 0 Å². The molecule has 6 nitrogen and oxygen atoms in total. The smallest absolute Gasteiger partial charge is 0.230 e. The molecule has 0 aliphatic carbocycles. The zero-order valence-corrected chi connectivity index (χ0v) is 13.0. The van der Waals surface area contributed by atoms with Gasteiger partial charge in [-0.2, -0.15) is 4.98 Å². The first-order valence-electron chi connectivity index (χ1n) is 6.35. The Hall–Kier alpha value is -2.31. The molecule has 0 spiro atoms. The summed E-state index contributed by atoms with van der Waals surface area (Å²) < 4.78 is 4.98. The highest BCUT2D eigenvalue weighted by molar-refractivity contribution is 6.35. The number of halogens is 2. The van der Waals surface area contributed by atoms with E-state index in [4.69, 9.17) is 27.7 Å². The zero-order valence-electron chi connectivity index (χ0n) is 11.5. The SMILES string of the molecule is Cc1cc(Nc2nccc(Nc3cc(Cl)cc(Cl)c3)n2)no1. The summed E-state index contributed by atoms with van der Waals surface area (Å²) in [6.45, 7) is 1.81. The molecule has 8 heteroatoms. The number of nitrogens with zero attached hydrogens (tertiary/aromatic N) is 3. The summed E-state index contributed by atoms with van der Waals surface area (Å²) in [5, 5.41) is 11.0. The van der Waals surface area contributed by atoms with Crippen LogP contribution >= 0.6 is 23.2 Å². The minimum atomic E-state index is 0.395. The Kier molecular flexibility index (Phi) is 4.13. The van der Waals surface area contributed by atoms with Crippen molar-refractivity contribution in [2.75, 3.05) is 10.6 Å². The third-order valence-corrected chi connectivity index (χ3v) is 3.09. The van der Waals surface area contributed by atoms with Crippen molar-refractivity contribution in [1.82, 2.24) is 15.1 Å². The fourth-order valence-corrected chi connectivity index (χ4v) is 2.33. The van der Waals surface area contributed by atoms with Crippen LogP contribution in [0, 0.1) is 6.92 Å². The van der Waals surface area contributed by atoms with E-state index in [0.717, 1.165) is 5.69 Å². The number of hydrogen-bond donors (Lipinski definition) is 2. The van der Waals surface area contributed by atoms with Crippen LogP contribution in [-0.2, 0) is 0 Å². The molecule has 112 valence electrons. The van der Waals surface area contributed by atoms with Crippen molar-refractivity contribution in [2.45, 2.75) is 6.92 Å². The van der Waals surface area contributed by atoms with E-state index in [0.29, 0.717) is 33.4 Å². The first-order valence-corrected chi connectivity index (χ1v) is 7.10. The standard InChI is InChI=1S/C14H11Cl2N5O/c1-8-4-13(21-22-8)20-14-17-3-2-12(19-14)18-11-6-9(15)5-10(16)7-11/h2-7H,1H3,(H2,17,18,19,20,21). The first-order chi connectivity index (χ1) is 10.6. The summed E-state index contributed by atoms with van der Waals surface area (Å²) >= 11 is 11.9. The molecule has 2 aromatic heterocycles. The van der Waals surface area contributed by atoms with Crippen LogP contribution in [0.1, 0.15) is 5.76 Å². The summed E-state index contributed by atoms with van der Waals surface area (Å²) in [7, 11) is 0. The molecule has 0 saturated heterocycles. The van der Waals surface area contributed by atoms with E-state index in [1.807, 2.05) is 0 Å². The Labute approximate surface area is 136 Å². The normalized spacial score (nSPS) is 10.5. The van der Waals surface area contributed by atoms with Crippen molar-refractivity contribution in [2.24, 2.45) is 0 Å². The Balaban J connectivity index is 1.78. The van der Waals surface area contributed by atoms with Gasteiger partial charge < -0.3 is 15.2 Å². The summed E-state index contributed by atoms with van der Waals surface area (Å²) in [6, 6.07) is 8.65. The second kappa shape index (κ2) is 6.21. The lowest BCUT2D eigenvalue weighted by molar-refractivity contribution is 0.400. The number of benzene rings is 1. The van der Waals surface area contributed by atoms with E-state index in [2.05, 4.69) is 25.8 Å². The number of rotatable bonds is 4. The maximum Gasteiger partial charge on any atom is 0.230 e. The fraction of sp³-hybridized carbons (Fsp3) is 0.0714. The molecule has 0 fully saturated rings. The molecule has 1 aromatic carbocycles. The molecule has 0 amide bonds. The summed E-state index contributed by atoms with van der Waals surface area (Å²) in [6.07, 6.45) is 1.62. The van der Waals surface area contributed by atoms with Gasteiger partial charge >= 0.3 is 0 Å². The highest BCUT2D eigenvalue weighted by Gasteiger charge is 2.05. The van der Waals surface area contributed by atoms with Crippen molar-refractivity contribution in [3.63, 3.8) is 0 Å². The molecule has 22 heavy (non-hydrogen) atoms. The van der Waals surface area contributed by atoms with Crippen LogP contribution in [0.5, 0.6) is 0 Å². The Morgan fingerprint density at radius 2 is 1.77 bits per heavy atom. The second-order valence-electron chi connectivity index (χ2n) is 4.50. The van der Waals surface area contributed by atoms with E-state index in [1.54, 1.807) is 43.5 Å². The van der Waals surface area contributed by atoms with Gasteiger partial charge in [-0.25, -0.2) is 4.98 Å². The molecular formula is C14H11Cl2N5O. The van der Waals surface area contributed by atoms with E-state index in [1.165, 1.54) is 0 Å². The molecular weight excluding hydrogens is 325 g/mol. The van der Waals surface area contributed by atoms with E-state index in [9.17, 15) is 0 Å². The van der Waals surface area contributed by atoms with Gasteiger partial charge in [-0.1, -0.05) is 28.4 Å². The Morgan fingerprint density at radius 1 is 1.00 bits per heavy atom. The van der Waals surface area contributed by atoms with Crippen LogP contribution in [0.25, 0.3) is 0 Å². The lowest BCUT2D eigenvalue weighted by atomic mass is 10.3. The van der Waals surface area contributed by atoms with Gasteiger partial charge in [0.05, 0.1) is 0 Å². The van der Waals surface area contributed by atoms with Crippen molar-refractivity contribution in [3.05, 3.63) is 52.3 Å². The molecule has 3 rings (SSSR count). The van der Waals surface area contributed by atoms with Crippen molar-refractivity contribution in [1.29, 1.82) is 0 Å². The average Bonchev–Trinajstić information content (AvgIpc) is 2.83. The fourth-order valence-electron chi connectivity index (χ4n) is 1.80. The van der Waals surface area contributed by atoms with Crippen LogP contribution in [0.3, 0.4) is 0 Å². The predicted molar refractivity (Wildman–Crippen MR) is 86.3 cm³/mol. The first kappa shape index (κ1) is 14.6. The van der Waals surface area contributed by atoms with Gasteiger partial charge in [-0.3, -0.25) is 0 Å². The van der Waals surface area contributed by atoms with Crippen LogP contribution in [0.4, 0.5) is 23.3 Å². The quantitative estimate of drug-likeness (QED) is 0.727. The molecule has 0 aliphatic heterocycles. The van der Waals surface area contributed by atoms with Gasteiger partial charge in [0.25, 0.3) is 0 Å². The van der Waals surface area contributed by atoms with Crippen LogP contribution in [-0.4, -0.2) is 15.1 Å².